The van der Waals surface area contributed by atoms with Gasteiger partial charge in [-0.25, -0.2) is 0 Å². The molecule has 18 heavy (non-hydrogen) atoms. The van der Waals surface area contributed by atoms with Gasteiger partial charge in [-0.3, -0.25) is 0 Å². The highest BCUT2D eigenvalue weighted by atomic mass is 16.4. The second-order valence-electron chi connectivity index (χ2n) is 6.10. The molecule has 4 heteroatoms. The highest BCUT2D eigenvalue weighted by Crippen LogP contribution is 2.46. The molecule has 1 saturated carbocycles. The van der Waals surface area contributed by atoms with Gasteiger partial charge in [0.1, 0.15) is 5.84 Å². The molecule has 4 nitrogen and oxygen atoms in total. The van der Waals surface area contributed by atoms with Crippen LogP contribution in [0.15, 0.2) is 5.16 Å². The van der Waals surface area contributed by atoms with E-state index in [0.717, 1.165) is 18.3 Å². The molecule has 2 rings (SSSR count). The van der Waals surface area contributed by atoms with Gasteiger partial charge in [0.25, 0.3) is 0 Å². The van der Waals surface area contributed by atoms with E-state index in [-0.39, 0.29) is 0 Å². The zero-order valence-electron chi connectivity index (χ0n) is 11.4. The smallest absolute Gasteiger partial charge is 0.139 e. The van der Waals surface area contributed by atoms with Gasteiger partial charge in [-0.1, -0.05) is 18.0 Å². The fraction of sp³-hybridized carbons (Fsp3) is 0.929. The molecule has 1 heterocycles. The zero-order chi connectivity index (χ0) is 12.8. The van der Waals surface area contributed by atoms with Gasteiger partial charge >= 0.3 is 0 Å². The molecule has 0 aromatic carbocycles. The van der Waals surface area contributed by atoms with E-state index < -0.39 is 0 Å². The zero-order valence-corrected chi connectivity index (χ0v) is 11.4. The van der Waals surface area contributed by atoms with Gasteiger partial charge in [-0.05, 0) is 63.6 Å². The number of piperidine rings is 1. The minimum Gasteiger partial charge on any atom is -0.409 e. The number of nitrogens with two attached hydrogens (primary N) is 1. The van der Waals surface area contributed by atoms with Crippen LogP contribution in [-0.4, -0.2) is 35.6 Å². The van der Waals surface area contributed by atoms with Crippen molar-refractivity contribution >= 4 is 5.84 Å². The molecule has 1 saturated heterocycles. The molecule has 1 aliphatic carbocycles. The van der Waals surface area contributed by atoms with Crippen LogP contribution in [0.2, 0.25) is 0 Å². The van der Waals surface area contributed by atoms with E-state index in [1.165, 1.54) is 58.2 Å². The fourth-order valence-electron chi connectivity index (χ4n) is 3.57. The van der Waals surface area contributed by atoms with E-state index in [0.29, 0.717) is 12.3 Å². The van der Waals surface area contributed by atoms with E-state index in [1.54, 1.807) is 0 Å². The molecule has 1 aliphatic heterocycles. The van der Waals surface area contributed by atoms with Crippen molar-refractivity contribution in [2.24, 2.45) is 16.3 Å². The van der Waals surface area contributed by atoms with Gasteiger partial charge in [-0.2, -0.15) is 0 Å². The summed E-state index contributed by atoms with van der Waals surface area (Å²) in [5, 5.41) is 11.5. The molecule has 2 fully saturated rings. The average molecular weight is 253 g/mol. The number of rotatable bonds is 5. The van der Waals surface area contributed by atoms with Crippen molar-refractivity contribution in [3.63, 3.8) is 0 Å². The van der Waals surface area contributed by atoms with E-state index in [1.807, 2.05) is 0 Å². The van der Waals surface area contributed by atoms with Crippen LogP contribution in [0.4, 0.5) is 0 Å². The Hall–Kier alpha value is -0.770. The summed E-state index contributed by atoms with van der Waals surface area (Å²) in [5.74, 6) is 0.360. The van der Waals surface area contributed by atoms with Crippen LogP contribution >= 0.6 is 0 Å². The molecule has 2 aliphatic rings. The fourth-order valence-corrected chi connectivity index (χ4v) is 3.57. The summed E-state index contributed by atoms with van der Waals surface area (Å²) in [6.45, 7) is 3.74. The van der Waals surface area contributed by atoms with Crippen molar-refractivity contribution in [2.75, 3.05) is 19.6 Å². The molecule has 0 aromatic rings. The van der Waals surface area contributed by atoms with Crippen molar-refractivity contribution in [3.05, 3.63) is 0 Å². The van der Waals surface area contributed by atoms with E-state index >= 15 is 0 Å². The van der Waals surface area contributed by atoms with Crippen molar-refractivity contribution < 1.29 is 5.21 Å². The molecular weight excluding hydrogens is 226 g/mol. The second kappa shape index (κ2) is 6.41. The molecule has 3 N–H and O–H groups in total. The van der Waals surface area contributed by atoms with E-state index in [2.05, 4.69) is 10.1 Å². The number of likely N-dealkylation sites (tertiary alicyclic amines) is 1. The Morgan fingerprint density at radius 1 is 1.11 bits per heavy atom. The van der Waals surface area contributed by atoms with Gasteiger partial charge in [0.15, 0.2) is 0 Å². The molecule has 0 amide bonds. The van der Waals surface area contributed by atoms with Crippen LogP contribution < -0.4 is 5.73 Å². The summed E-state index contributed by atoms with van der Waals surface area (Å²) in [6.07, 6.45) is 11.6. The molecule has 0 radical (unpaired) electrons. The topological polar surface area (TPSA) is 61.8 Å². The molecule has 0 aromatic heterocycles. The van der Waals surface area contributed by atoms with Crippen LogP contribution in [0.1, 0.15) is 57.8 Å². The summed E-state index contributed by atoms with van der Waals surface area (Å²) in [6, 6.07) is 0. The first-order chi connectivity index (χ1) is 8.74. The normalized spacial score (nSPS) is 24.8. The van der Waals surface area contributed by atoms with Crippen LogP contribution in [-0.2, 0) is 0 Å². The Bertz CT molecular complexity index is 275. The summed E-state index contributed by atoms with van der Waals surface area (Å²) < 4.78 is 0. The Kier molecular flexibility index (Phi) is 4.87. The van der Waals surface area contributed by atoms with Gasteiger partial charge in [0.2, 0.25) is 0 Å². The third-order valence-electron chi connectivity index (χ3n) is 4.87. The van der Waals surface area contributed by atoms with Gasteiger partial charge in [0.05, 0.1) is 0 Å². The first-order valence-corrected chi connectivity index (χ1v) is 7.43. The molecule has 0 atom stereocenters. The number of oxime groups is 1. The van der Waals surface area contributed by atoms with E-state index in [4.69, 9.17) is 10.9 Å². The number of hydrogen-bond acceptors (Lipinski definition) is 3. The van der Waals surface area contributed by atoms with Crippen LogP contribution in [0.25, 0.3) is 0 Å². The van der Waals surface area contributed by atoms with Crippen LogP contribution in [0, 0.1) is 5.41 Å². The van der Waals surface area contributed by atoms with Crippen molar-refractivity contribution in [3.8, 4) is 0 Å². The molecule has 104 valence electrons. The van der Waals surface area contributed by atoms with Gasteiger partial charge < -0.3 is 15.8 Å². The maximum atomic E-state index is 8.45. The second-order valence-corrected chi connectivity index (χ2v) is 6.10. The van der Waals surface area contributed by atoms with E-state index in [9.17, 15) is 0 Å². The van der Waals surface area contributed by atoms with Crippen molar-refractivity contribution in [2.45, 2.75) is 57.8 Å². The monoisotopic (exact) mass is 253 g/mol. The summed E-state index contributed by atoms with van der Waals surface area (Å²) in [5.41, 5.74) is 6.18. The SMILES string of the molecule is NC(CCCCN1CCC2(CCCC2)CC1)=NO. The van der Waals surface area contributed by atoms with Crippen molar-refractivity contribution in [1.82, 2.24) is 4.90 Å². The maximum absolute atomic E-state index is 8.45. The average Bonchev–Trinajstić information content (AvgIpc) is 2.85. The Balaban J connectivity index is 1.59. The number of hydrogen-bond donors (Lipinski definition) is 2. The quantitative estimate of drug-likeness (QED) is 0.260. The summed E-state index contributed by atoms with van der Waals surface area (Å²) in [4.78, 5) is 2.59. The predicted octanol–water partition coefficient (Wildman–Crippen LogP) is 2.56. The lowest BCUT2D eigenvalue weighted by molar-refractivity contribution is 0.107. The lowest BCUT2D eigenvalue weighted by Gasteiger charge is -2.39. The predicted molar refractivity (Wildman–Crippen MR) is 73.8 cm³/mol. The number of unbranched alkanes of at least 4 members (excludes halogenated alkanes) is 1. The van der Waals surface area contributed by atoms with Crippen molar-refractivity contribution in [1.29, 1.82) is 0 Å². The standard InChI is InChI=1S/C14H27N3O/c15-13(16-18)5-1-4-10-17-11-8-14(9-12-17)6-2-3-7-14/h18H,1-12H2,(H2,15,16). The highest BCUT2D eigenvalue weighted by molar-refractivity contribution is 5.79. The third-order valence-corrected chi connectivity index (χ3v) is 4.87. The Morgan fingerprint density at radius 2 is 1.78 bits per heavy atom. The number of amidine groups is 1. The summed E-state index contributed by atoms with van der Waals surface area (Å²) >= 11 is 0. The minimum absolute atomic E-state index is 0.360. The van der Waals surface area contributed by atoms with Gasteiger partial charge in [-0.15, -0.1) is 0 Å². The lowest BCUT2D eigenvalue weighted by Crippen LogP contribution is -2.39. The Morgan fingerprint density at radius 3 is 2.39 bits per heavy atom. The Labute approximate surface area is 110 Å². The molecule has 0 bridgehead atoms. The molecule has 0 unspecified atom stereocenters. The third kappa shape index (κ3) is 3.61. The number of nitrogens with zero attached hydrogens (tertiary/aromatic N) is 2. The minimum atomic E-state index is 0.360. The largest absolute Gasteiger partial charge is 0.409 e. The first-order valence-electron chi connectivity index (χ1n) is 7.43. The first kappa shape index (κ1) is 13.7. The van der Waals surface area contributed by atoms with Crippen LogP contribution in [0.5, 0.6) is 0 Å². The molecular formula is C14H27N3O. The van der Waals surface area contributed by atoms with Gasteiger partial charge in [0, 0.05) is 6.42 Å². The summed E-state index contributed by atoms with van der Waals surface area (Å²) in [7, 11) is 0. The highest BCUT2D eigenvalue weighted by Gasteiger charge is 2.36. The van der Waals surface area contributed by atoms with Crippen LogP contribution in [0.3, 0.4) is 0 Å². The molecule has 1 spiro atoms. The maximum Gasteiger partial charge on any atom is 0.139 e. The lowest BCUT2D eigenvalue weighted by atomic mass is 9.77.